The first-order chi connectivity index (χ1) is 12.5. The van der Waals surface area contributed by atoms with Gasteiger partial charge in [-0.15, -0.1) is 0 Å². The number of aromatic nitrogens is 3. The highest BCUT2D eigenvalue weighted by Crippen LogP contribution is 2.32. The predicted molar refractivity (Wildman–Crippen MR) is 105 cm³/mol. The molecule has 130 valence electrons. The van der Waals surface area contributed by atoms with Crippen LogP contribution >= 0.6 is 15.9 Å². The second-order valence-electron chi connectivity index (χ2n) is 7.05. The molecule has 0 spiro atoms. The fourth-order valence-corrected chi connectivity index (χ4v) is 3.95. The normalized spacial score (nSPS) is 16.1. The van der Waals surface area contributed by atoms with Crippen LogP contribution in [0.25, 0.3) is 27.6 Å². The van der Waals surface area contributed by atoms with Gasteiger partial charge in [-0.25, -0.2) is 4.79 Å². The summed E-state index contributed by atoms with van der Waals surface area (Å²) < 4.78 is 8.03. The van der Waals surface area contributed by atoms with Gasteiger partial charge >= 0.3 is 5.69 Å². The van der Waals surface area contributed by atoms with Crippen molar-refractivity contribution in [2.45, 2.75) is 12.3 Å². The van der Waals surface area contributed by atoms with Gasteiger partial charge in [-0.3, -0.25) is 9.55 Å². The number of fused-ring (bicyclic) bond motifs is 3. The zero-order valence-corrected chi connectivity index (χ0v) is 15.7. The number of nitrogens with zero attached hydrogens (tertiary/aromatic N) is 2. The third-order valence-electron chi connectivity index (χ3n) is 5.13. The Kier molecular flexibility index (Phi) is 3.36. The maximum Gasteiger partial charge on any atom is 0.331 e. The van der Waals surface area contributed by atoms with Crippen LogP contribution < -0.4 is 5.69 Å². The van der Waals surface area contributed by atoms with Gasteiger partial charge in [0.15, 0.2) is 0 Å². The Labute approximate surface area is 157 Å². The number of hydrogen-bond donors (Lipinski definition) is 1. The van der Waals surface area contributed by atoms with Gasteiger partial charge < -0.3 is 9.72 Å². The first-order valence-electron chi connectivity index (χ1n) is 8.43. The van der Waals surface area contributed by atoms with Crippen LogP contribution in [0.3, 0.4) is 0 Å². The van der Waals surface area contributed by atoms with Gasteiger partial charge in [0, 0.05) is 15.3 Å². The van der Waals surface area contributed by atoms with E-state index in [1.807, 2.05) is 30.3 Å². The lowest BCUT2D eigenvalue weighted by Gasteiger charge is -2.38. The number of hydrogen-bond acceptors (Lipinski definition) is 3. The van der Waals surface area contributed by atoms with Crippen LogP contribution in [-0.2, 0) is 10.2 Å². The smallest absolute Gasteiger partial charge is 0.331 e. The van der Waals surface area contributed by atoms with Crippen molar-refractivity contribution in [2.75, 3.05) is 13.2 Å². The standard InChI is InChI=1S/C20H16BrN3O2/c1-20(10-26-11-20)12-2-5-14(6-3-12)24-18-15-8-13(21)4-7-16(15)22-9-17(18)23-19(24)25/h2-9H,10-11H2,1H3,(H,23,25). The summed E-state index contributed by atoms with van der Waals surface area (Å²) >= 11 is 3.51. The van der Waals surface area contributed by atoms with Gasteiger partial charge in [0.1, 0.15) is 0 Å². The van der Waals surface area contributed by atoms with Crippen molar-refractivity contribution in [1.29, 1.82) is 0 Å². The second kappa shape index (κ2) is 5.53. The van der Waals surface area contributed by atoms with Crippen molar-refractivity contribution < 1.29 is 4.74 Å². The topological polar surface area (TPSA) is 59.9 Å². The number of H-pyrrole nitrogens is 1. The van der Waals surface area contributed by atoms with Crippen molar-refractivity contribution >= 4 is 37.9 Å². The molecular formula is C20H16BrN3O2. The van der Waals surface area contributed by atoms with E-state index in [4.69, 9.17) is 4.74 Å². The average Bonchev–Trinajstić information content (AvgIpc) is 2.96. The summed E-state index contributed by atoms with van der Waals surface area (Å²) in [5, 5.41) is 0.929. The van der Waals surface area contributed by atoms with Gasteiger partial charge in [0.05, 0.1) is 41.6 Å². The van der Waals surface area contributed by atoms with E-state index >= 15 is 0 Å². The van der Waals surface area contributed by atoms with Gasteiger partial charge in [-0.2, -0.15) is 0 Å². The SMILES string of the molecule is CC1(c2ccc(-n3c(=O)[nH]c4cnc5ccc(Br)cc5c43)cc2)COC1. The molecule has 0 aliphatic carbocycles. The molecule has 1 N–H and O–H groups in total. The van der Waals surface area contributed by atoms with E-state index < -0.39 is 0 Å². The first-order valence-corrected chi connectivity index (χ1v) is 9.22. The van der Waals surface area contributed by atoms with Gasteiger partial charge in [-0.1, -0.05) is 35.0 Å². The van der Waals surface area contributed by atoms with E-state index in [0.717, 1.165) is 45.3 Å². The molecular weight excluding hydrogens is 394 g/mol. The molecule has 0 amide bonds. The van der Waals surface area contributed by atoms with Gasteiger partial charge in [-0.05, 0) is 35.9 Å². The highest BCUT2D eigenvalue weighted by Gasteiger charge is 2.35. The number of pyridine rings is 1. The quantitative estimate of drug-likeness (QED) is 0.545. The molecule has 0 atom stereocenters. The maximum absolute atomic E-state index is 12.7. The maximum atomic E-state index is 12.7. The third-order valence-corrected chi connectivity index (χ3v) is 5.63. The molecule has 5 rings (SSSR count). The monoisotopic (exact) mass is 409 g/mol. The molecule has 26 heavy (non-hydrogen) atoms. The Morgan fingerprint density at radius 3 is 2.65 bits per heavy atom. The Morgan fingerprint density at radius 2 is 1.96 bits per heavy atom. The number of imidazole rings is 1. The fourth-order valence-electron chi connectivity index (χ4n) is 3.59. The molecule has 1 fully saturated rings. The summed E-state index contributed by atoms with van der Waals surface area (Å²) in [6.45, 7) is 3.67. The van der Waals surface area contributed by atoms with Crippen molar-refractivity contribution in [3.8, 4) is 5.69 Å². The van der Waals surface area contributed by atoms with E-state index in [2.05, 4.69) is 45.0 Å². The van der Waals surface area contributed by atoms with Crippen LogP contribution in [0.15, 0.2) is 57.9 Å². The largest absolute Gasteiger partial charge is 0.379 e. The van der Waals surface area contributed by atoms with E-state index in [1.54, 1.807) is 10.8 Å². The summed E-state index contributed by atoms with van der Waals surface area (Å²) in [6, 6.07) is 14.1. The summed E-state index contributed by atoms with van der Waals surface area (Å²) in [7, 11) is 0. The number of benzene rings is 2. The number of ether oxygens (including phenoxy) is 1. The van der Waals surface area contributed by atoms with Crippen molar-refractivity contribution in [1.82, 2.24) is 14.5 Å². The van der Waals surface area contributed by atoms with E-state index in [1.165, 1.54) is 5.56 Å². The Morgan fingerprint density at radius 1 is 1.19 bits per heavy atom. The lowest BCUT2D eigenvalue weighted by molar-refractivity contribution is -0.0500. The minimum absolute atomic E-state index is 0.0746. The molecule has 3 heterocycles. The predicted octanol–water partition coefficient (Wildman–Crippen LogP) is 3.92. The highest BCUT2D eigenvalue weighted by atomic mass is 79.9. The lowest BCUT2D eigenvalue weighted by atomic mass is 9.81. The van der Waals surface area contributed by atoms with Crippen molar-refractivity contribution in [3.63, 3.8) is 0 Å². The zero-order valence-electron chi connectivity index (χ0n) is 14.1. The lowest BCUT2D eigenvalue weighted by Crippen LogP contribution is -2.43. The van der Waals surface area contributed by atoms with Gasteiger partial charge in [0.2, 0.25) is 0 Å². The van der Waals surface area contributed by atoms with E-state index in [-0.39, 0.29) is 11.1 Å². The van der Waals surface area contributed by atoms with Crippen LogP contribution in [0.1, 0.15) is 12.5 Å². The zero-order chi connectivity index (χ0) is 17.9. The Balaban J connectivity index is 1.74. The molecule has 2 aromatic carbocycles. The van der Waals surface area contributed by atoms with Crippen LogP contribution in [0.4, 0.5) is 0 Å². The molecule has 0 saturated carbocycles. The summed E-state index contributed by atoms with van der Waals surface area (Å²) in [6.07, 6.45) is 1.71. The van der Waals surface area contributed by atoms with Crippen molar-refractivity contribution in [2.24, 2.45) is 0 Å². The summed E-state index contributed by atoms with van der Waals surface area (Å²) in [5.41, 5.74) is 4.39. The van der Waals surface area contributed by atoms with Crippen molar-refractivity contribution in [3.05, 3.63) is 69.2 Å². The average molecular weight is 410 g/mol. The van der Waals surface area contributed by atoms with Crippen LogP contribution in [0.2, 0.25) is 0 Å². The van der Waals surface area contributed by atoms with Crippen LogP contribution in [-0.4, -0.2) is 27.7 Å². The number of nitrogens with one attached hydrogen (secondary N) is 1. The Hall–Kier alpha value is -2.44. The molecule has 0 unspecified atom stereocenters. The van der Waals surface area contributed by atoms with E-state index in [9.17, 15) is 4.79 Å². The number of rotatable bonds is 2. The minimum Gasteiger partial charge on any atom is -0.379 e. The molecule has 6 heteroatoms. The molecule has 1 aliphatic rings. The molecule has 5 nitrogen and oxygen atoms in total. The van der Waals surface area contributed by atoms with Crippen LogP contribution in [0.5, 0.6) is 0 Å². The molecule has 1 aliphatic heterocycles. The number of halogens is 1. The molecule has 2 aromatic heterocycles. The molecule has 1 saturated heterocycles. The molecule has 0 bridgehead atoms. The molecule has 0 radical (unpaired) electrons. The Bertz CT molecular complexity index is 1200. The van der Waals surface area contributed by atoms with Gasteiger partial charge in [0.25, 0.3) is 0 Å². The van der Waals surface area contributed by atoms with Crippen LogP contribution in [0, 0.1) is 0 Å². The summed E-state index contributed by atoms with van der Waals surface area (Å²) in [5.74, 6) is 0. The fraction of sp³-hybridized carbons (Fsp3) is 0.200. The highest BCUT2D eigenvalue weighted by molar-refractivity contribution is 9.10. The number of aromatic amines is 1. The van der Waals surface area contributed by atoms with E-state index in [0.29, 0.717) is 0 Å². The first kappa shape index (κ1) is 15.8. The molecule has 4 aromatic rings. The third kappa shape index (κ3) is 2.26. The summed E-state index contributed by atoms with van der Waals surface area (Å²) in [4.78, 5) is 20.0. The second-order valence-corrected chi connectivity index (χ2v) is 7.96. The minimum atomic E-state index is -0.166.